The van der Waals surface area contributed by atoms with Crippen molar-refractivity contribution in [3.8, 4) is 6.07 Å². The van der Waals surface area contributed by atoms with E-state index < -0.39 is 5.92 Å². The summed E-state index contributed by atoms with van der Waals surface area (Å²) in [6.45, 7) is 0.317. The third-order valence-corrected chi connectivity index (χ3v) is 3.92. The molecule has 0 radical (unpaired) electrons. The van der Waals surface area contributed by atoms with Crippen LogP contribution >= 0.6 is 11.8 Å². The summed E-state index contributed by atoms with van der Waals surface area (Å²) in [7, 11) is 0. The van der Waals surface area contributed by atoms with Crippen LogP contribution < -0.4 is 4.90 Å². The smallest absolute Gasteiger partial charge is 0.189 e. The number of Topliss-reactive ketones (excluding diaryl/α,β-unsaturated/α-hetero) is 1. The van der Waals surface area contributed by atoms with Crippen molar-refractivity contribution >= 4 is 29.1 Å². The van der Waals surface area contributed by atoms with Crippen molar-refractivity contribution in [2.24, 2.45) is 5.92 Å². The molecule has 2 heterocycles. The molecule has 0 fully saturated rings. The second-order valence-electron chi connectivity index (χ2n) is 4.59. The second kappa shape index (κ2) is 5.54. The Bertz CT molecular complexity index is 726. The first-order chi connectivity index (χ1) is 10.2. The number of carbonyl (C=O) groups excluding carboxylic acids is 1. The van der Waals surface area contributed by atoms with Crippen molar-refractivity contribution in [3.63, 3.8) is 0 Å². The van der Waals surface area contributed by atoms with Crippen molar-refractivity contribution in [1.82, 2.24) is 9.97 Å². The molecule has 5 nitrogen and oxygen atoms in total. The predicted molar refractivity (Wildman–Crippen MR) is 80.7 cm³/mol. The van der Waals surface area contributed by atoms with Gasteiger partial charge in [0.25, 0.3) is 0 Å². The molecule has 1 atom stereocenters. The Morgan fingerprint density at radius 2 is 2.14 bits per heavy atom. The Balaban J connectivity index is 2.16. The van der Waals surface area contributed by atoms with Crippen LogP contribution in [0.15, 0.2) is 41.7 Å². The standard InChI is InChI=1S/C15H12N4OS/c1-21-15-17-8-12-13(20)10(7-16)9-19(14(12)18-15)11-5-3-2-4-6-11/h2-6,8,10H,9H2,1H3. The number of rotatable bonds is 2. The normalized spacial score (nSPS) is 17.2. The molecule has 104 valence electrons. The van der Waals surface area contributed by atoms with Crippen LogP contribution in [0.3, 0.4) is 0 Å². The van der Waals surface area contributed by atoms with Crippen LogP contribution in [0.25, 0.3) is 0 Å². The van der Waals surface area contributed by atoms with Gasteiger partial charge < -0.3 is 4.90 Å². The molecule has 0 bridgehead atoms. The van der Waals surface area contributed by atoms with E-state index in [9.17, 15) is 10.1 Å². The van der Waals surface area contributed by atoms with Crippen LogP contribution in [0.1, 0.15) is 10.4 Å². The summed E-state index contributed by atoms with van der Waals surface area (Å²) < 4.78 is 0. The topological polar surface area (TPSA) is 69.9 Å². The highest BCUT2D eigenvalue weighted by atomic mass is 32.2. The average Bonchev–Trinajstić information content (AvgIpc) is 2.55. The number of hydrogen-bond acceptors (Lipinski definition) is 6. The summed E-state index contributed by atoms with van der Waals surface area (Å²) in [6, 6.07) is 11.7. The van der Waals surface area contributed by atoms with Crippen LogP contribution in [-0.2, 0) is 0 Å². The summed E-state index contributed by atoms with van der Waals surface area (Å²) in [5.74, 6) is -0.314. The molecule has 0 aliphatic carbocycles. The SMILES string of the molecule is CSc1ncc2c(n1)N(c1ccccc1)CC(C#N)C2=O. The fraction of sp³-hybridized carbons (Fsp3) is 0.200. The van der Waals surface area contributed by atoms with E-state index in [1.165, 1.54) is 18.0 Å². The lowest BCUT2D eigenvalue weighted by Crippen LogP contribution is -2.36. The van der Waals surface area contributed by atoms with Crippen molar-refractivity contribution < 1.29 is 4.79 Å². The first kappa shape index (κ1) is 13.6. The monoisotopic (exact) mass is 296 g/mol. The van der Waals surface area contributed by atoms with Crippen LogP contribution in [-0.4, -0.2) is 28.6 Å². The van der Waals surface area contributed by atoms with E-state index in [0.29, 0.717) is 23.1 Å². The van der Waals surface area contributed by atoms with Gasteiger partial charge in [0.1, 0.15) is 11.7 Å². The fourth-order valence-electron chi connectivity index (χ4n) is 2.31. The molecule has 1 aliphatic heterocycles. The first-order valence-electron chi connectivity index (χ1n) is 6.42. The Morgan fingerprint density at radius 3 is 2.81 bits per heavy atom. The molecule has 1 unspecified atom stereocenters. The summed E-state index contributed by atoms with van der Waals surface area (Å²) >= 11 is 1.42. The molecule has 3 rings (SSSR count). The minimum absolute atomic E-state index is 0.202. The number of benzene rings is 1. The zero-order chi connectivity index (χ0) is 14.8. The lowest BCUT2D eigenvalue weighted by molar-refractivity contribution is 0.0945. The molecule has 6 heteroatoms. The van der Waals surface area contributed by atoms with E-state index in [-0.39, 0.29) is 5.78 Å². The first-order valence-corrected chi connectivity index (χ1v) is 7.64. The average molecular weight is 296 g/mol. The van der Waals surface area contributed by atoms with Crippen molar-refractivity contribution in [3.05, 3.63) is 42.1 Å². The Kier molecular flexibility index (Phi) is 3.59. The maximum absolute atomic E-state index is 12.3. The van der Waals surface area contributed by atoms with E-state index in [4.69, 9.17) is 0 Å². The number of aromatic nitrogens is 2. The molecule has 21 heavy (non-hydrogen) atoms. The molecule has 1 aromatic heterocycles. The number of nitrogens with zero attached hydrogens (tertiary/aromatic N) is 4. The van der Waals surface area contributed by atoms with Crippen LogP contribution in [0.2, 0.25) is 0 Å². The molecular weight excluding hydrogens is 284 g/mol. The van der Waals surface area contributed by atoms with Crippen LogP contribution in [0, 0.1) is 17.2 Å². The van der Waals surface area contributed by atoms with Crippen molar-refractivity contribution in [2.45, 2.75) is 5.16 Å². The highest BCUT2D eigenvalue weighted by Crippen LogP contribution is 2.34. The summed E-state index contributed by atoms with van der Waals surface area (Å²) in [6.07, 6.45) is 3.41. The molecule has 0 saturated heterocycles. The van der Waals surface area contributed by atoms with Gasteiger partial charge in [-0.3, -0.25) is 4.79 Å². The highest BCUT2D eigenvalue weighted by molar-refractivity contribution is 7.98. The minimum Gasteiger partial charge on any atom is -0.324 e. The molecule has 1 aromatic carbocycles. The van der Waals surface area contributed by atoms with E-state index in [0.717, 1.165) is 5.69 Å². The third-order valence-electron chi connectivity index (χ3n) is 3.36. The molecule has 0 saturated carbocycles. The molecule has 1 aliphatic rings. The quantitative estimate of drug-likeness (QED) is 0.627. The Hall–Kier alpha value is -2.39. The van der Waals surface area contributed by atoms with Crippen LogP contribution in [0.4, 0.5) is 11.5 Å². The van der Waals surface area contributed by atoms with Gasteiger partial charge in [0, 0.05) is 18.4 Å². The molecule has 0 amide bonds. The number of hydrogen-bond donors (Lipinski definition) is 0. The number of anilines is 2. The number of nitriles is 1. The van der Waals surface area contributed by atoms with Gasteiger partial charge in [0.2, 0.25) is 0 Å². The third kappa shape index (κ3) is 2.36. The van der Waals surface area contributed by atoms with Crippen molar-refractivity contribution in [2.75, 3.05) is 17.7 Å². The lowest BCUT2D eigenvalue weighted by atomic mass is 9.95. The molecule has 0 spiro atoms. The number of ketones is 1. The zero-order valence-corrected chi connectivity index (χ0v) is 12.2. The number of carbonyl (C=O) groups is 1. The van der Waals surface area contributed by atoms with Gasteiger partial charge in [0.15, 0.2) is 10.9 Å². The van der Waals surface area contributed by atoms with Gasteiger partial charge in [-0.05, 0) is 18.4 Å². The Labute approximate surface area is 126 Å². The number of para-hydroxylation sites is 1. The Morgan fingerprint density at radius 1 is 1.38 bits per heavy atom. The predicted octanol–water partition coefficient (Wildman–Crippen LogP) is 2.67. The van der Waals surface area contributed by atoms with E-state index >= 15 is 0 Å². The largest absolute Gasteiger partial charge is 0.324 e. The second-order valence-corrected chi connectivity index (χ2v) is 5.36. The van der Waals surface area contributed by atoms with E-state index in [1.807, 2.05) is 41.5 Å². The summed E-state index contributed by atoms with van der Waals surface area (Å²) in [5, 5.41) is 9.82. The van der Waals surface area contributed by atoms with Gasteiger partial charge in [-0.15, -0.1) is 0 Å². The van der Waals surface area contributed by atoms with Gasteiger partial charge in [-0.25, -0.2) is 9.97 Å². The maximum Gasteiger partial charge on any atom is 0.189 e. The van der Waals surface area contributed by atoms with E-state index in [2.05, 4.69) is 16.0 Å². The zero-order valence-electron chi connectivity index (χ0n) is 11.4. The highest BCUT2D eigenvalue weighted by Gasteiger charge is 2.34. The van der Waals surface area contributed by atoms with Gasteiger partial charge in [0.05, 0.1) is 11.6 Å². The van der Waals surface area contributed by atoms with Gasteiger partial charge in [-0.2, -0.15) is 5.26 Å². The minimum atomic E-state index is -0.693. The maximum atomic E-state index is 12.3. The summed E-state index contributed by atoms with van der Waals surface area (Å²) in [5.41, 5.74) is 1.33. The molecular formula is C15H12N4OS. The van der Waals surface area contributed by atoms with Crippen LogP contribution in [0.5, 0.6) is 0 Å². The van der Waals surface area contributed by atoms with Gasteiger partial charge >= 0.3 is 0 Å². The van der Waals surface area contributed by atoms with E-state index in [1.54, 1.807) is 0 Å². The lowest BCUT2D eigenvalue weighted by Gasteiger charge is -2.31. The summed E-state index contributed by atoms with van der Waals surface area (Å²) in [4.78, 5) is 22.8. The van der Waals surface area contributed by atoms with Gasteiger partial charge in [-0.1, -0.05) is 30.0 Å². The molecule has 0 N–H and O–H groups in total. The molecule has 2 aromatic rings. The number of thioether (sulfide) groups is 1. The van der Waals surface area contributed by atoms with Crippen molar-refractivity contribution in [1.29, 1.82) is 5.26 Å². The number of fused-ring (bicyclic) bond motifs is 1. The fourth-order valence-corrected chi connectivity index (χ4v) is 2.65.